The standard InChI is InChI=1S/C27H24ClFN4S/c1-16-15-21(18(3)32(16)24-9-6-7-22(28)17(24)2)26-25(23-8-4-5-14-30-23)31-27(34)33(26)20-12-10-19(29)11-13-20/h4-15,25-26H,1-3H3,(H,31,34)/t25-,26+/m1/s1. The number of aryl methyl sites for hydroxylation is 1. The molecule has 0 bridgehead atoms. The van der Waals surface area contributed by atoms with Crippen LogP contribution in [0, 0.1) is 26.6 Å². The topological polar surface area (TPSA) is 33.1 Å². The van der Waals surface area contributed by atoms with Gasteiger partial charge in [-0.2, -0.15) is 0 Å². The average Bonchev–Trinajstić information content (AvgIpc) is 3.32. The highest BCUT2D eigenvalue weighted by Crippen LogP contribution is 2.44. The minimum absolute atomic E-state index is 0.173. The molecule has 0 amide bonds. The zero-order valence-corrected chi connectivity index (χ0v) is 20.7. The summed E-state index contributed by atoms with van der Waals surface area (Å²) in [6, 6.07) is 20.1. The van der Waals surface area contributed by atoms with E-state index in [-0.39, 0.29) is 17.9 Å². The molecule has 3 heterocycles. The van der Waals surface area contributed by atoms with Gasteiger partial charge in [-0.1, -0.05) is 23.7 Å². The highest BCUT2D eigenvalue weighted by Gasteiger charge is 2.42. The predicted molar refractivity (Wildman–Crippen MR) is 139 cm³/mol. The molecule has 4 aromatic rings. The molecule has 0 unspecified atom stereocenters. The fourth-order valence-electron chi connectivity index (χ4n) is 4.85. The Morgan fingerprint density at radius 3 is 2.47 bits per heavy atom. The third kappa shape index (κ3) is 3.77. The van der Waals surface area contributed by atoms with Crippen molar-refractivity contribution in [1.82, 2.24) is 14.9 Å². The Morgan fingerprint density at radius 2 is 1.76 bits per heavy atom. The van der Waals surface area contributed by atoms with Gasteiger partial charge in [0.2, 0.25) is 0 Å². The van der Waals surface area contributed by atoms with E-state index in [9.17, 15) is 4.39 Å². The number of aromatic nitrogens is 2. The van der Waals surface area contributed by atoms with Crippen molar-refractivity contribution in [2.24, 2.45) is 0 Å². The first-order valence-electron chi connectivity index (χ1n) is 11.1. The molecule has 0 spiro atoms. The summed E-state index contributed by atoms with van der Waals surface area (Å²) in [7, 11) is 0. The van der Waals surface area contributed by atoms with Gasteiger partial charge in [-0.25, -0.2) is 4.39 Å². The highest BCUT2D eigenvalue weighted by atomic mass is 35.5. The highest BCUT2D eigenvalue weighted by molar-refractivity contribution is 7.80. The second-order valence-corrected chi connectivity index (χ2v) is 9.31. The summed E-state index contributed by atoms with van der Waals surface area (Å²) in [6.45, 7) is 6.24. The second kappa shape index (κ2) is 8.85. The Hall–Kier alpha value is -3.22. The third-order valence-electron chi connectivity index (χ3n) is 6.47. The quantitative estimate of drug-likeness (QED) is 0.320. The number of benzene rings is 2. The first-order chi connectivity index (χ1) is 16.4. The smallest absolute Gasteiger partial charge is 0.174 e. The summed E-state index contributed by atoms with van der Waals surface area (Å²) in [5, 5.41) is 4.78. The Morgan fingerprint density at radius 1 is 1.00 bits per heavy atom. The first-order valence-corrected chi connectivity index (χ1v) is 11.9. The van der Waals surface area contributed by atoms with Crippen molar-refractivity contribution in [3.63, 3.8) is 0 Å². The first kappa shape index (κ1) is 22.6. The van der Waals surface area contributed by atoms with Crippen LogP contribution in [0.4, 0.5) is 10.1 Å². The Labute approximate surface area is 209 Å². The molecule has 2 atom stereocenters. The van der Waals surface area contributed by atoms with Gasteiger partial charge in [-0.3, -0.25) is 4.98 Å². The zero-order chi connectivity index (χ0) is 24.0. The molecule has 2 aromatic heterocycles. The van der Waals surface area contributed by atoms with E-state index in [0.717, 1.165) is 44.6 Å². The predicted octanol–water partition coefficient (Wildman–Crippen LogP) is 6.77. The van der Waals surface area contributed by atoms with Gasteiger partial charge in [0.25, 0.3) is 0 Å². The molecule has 2 aromatic carbocycles. The lowest BCUT2D eigenvalue weighted by atomic mass is 9.96. The molecule has 0 aliphatic carbocycles. The molecule has 7 heteroatoms. The van der Waals surface area contributed by atoms with Gasteiger partial charge in [0.05, 0.1) is 17.8 Å². The van der Waals surface area contributed by atoms with E-state index in [4.69, 9.17) is 23.8 Å². The summed E-state index contributed by atoms with van der Waals surface area (Å²) in [5.41, 5.74) is 7.08. The zero-order valence-electron chi connectivity index (χ0n) is 19.1. The van der Waals surface area contributed by atoms with Crippen LogP contribution in [-0.2, 0) is 0 Å². The monoisotopic (exact) mass is 490 g/mol. The van der Waals surface area contributed by atoms with Crippen molar-refractivity contribution in [2.75, 3.05) is 4.90 Å². The average molecular weight is 491 g/mol. The maximum absolute atomic E-state index is 13.7. The van der Waals surface area contributed by atoms with Crippen molar-refractivity contribution in [3.05, 3.63) is 112 Å². The van der Waals surface area contributed by atoms with E-state index >= 15 is 0 Å². The van der Waals surface area contributed by atoms with Crippen LogP contribution in [0.15, 0.2) is 72.9 Å². The Bertz CT molecular complexity index is 1370. The van der Waals surface area contributed by atoms with Crippen LogP contribution in [0.3, 0.4) is 0 Å². The molecule has 4 nitrogen and oxygen atoms in total. The lowest BCUT2D eigenvalue weighted by molar-refractivity contribution is 0.565. The lowest BCUT2D eigenvalue weighted by Gasteiger charge is -2.28. The molecule has 1 aliphatic rings. The minimum atomic E-state index is -0.283. The van der Waals surface area contributed by atoms with Crippen molar-refractivity contribution >= 4 is 34.6 Å². The van der Waals surface area contributed by atoms with Crippen LogP contribution in [0.2, 0.25) is 5.02 Å². The summed E-state index contributed by atoms with van der Waals surface area (Å²) >= 11 is 12.2. The maximum Gasteiger partial charge on any atom is 0.174 e. The van der Waals surface area contributed by atoms with E-state index in [0.29, 0.717) is 5.11 Å². The van der Waals surface area contributed by atoms with E-state index < -0.39 is 0 Å². The molecule has 5 rings (SSSR count). The summed E-state index contributed by atoms with van der Waals surface area (Å²) in [5.74, 6) is -0.283. The number of halogens is 2. The maximum atomic E-state index is 13.7. The van der Waals surface area contributed by atoms with Gasteiger partial charge < -0.3 is 14.8 Å². The largest absolute Gasteiger partial charge is 0.351 e. The molecule has 1 fully saturated rings. The SMILES string of the molecule is Cc1c(Cl)cccc1-n1c(C)cc([C@H]2[C@@H](c3ccccn3)NC(=S)N2c2ccc(F)cc2)c1C. The van der Waals surface area contributed by atoms with Crippen molar-refractivity contribution in [1.29, 1.82) is 0 Å². The van der Waals surface area contributed by atoms with E-state index in [1.807, 2.05) is 37.3 Å². The van der Waals surface area contributed by atoms with E-state index in [1.165, 1.54) is 12.1 Å². The van der Waals surface area contributed by atoms with Crippen LogP contribution in [-0.4, -0.2) is 14.7 Å². The molecule has 1 saturated heterocycles. The molecule has 0 radical (unpaired) electrons. The van der Waals surface area contributed by atoms with E-state index in [1.54, 1.807) is 18.3 Å². The van der Waals surface area contributed by atoms with Crippen molar-refractivity contribution in [2.45, 2.75) is 32.9 Å². The van der Waals surface area contributed by atoms with Gasteiger partial charge in [0.15, 0.2) is 5.11 Å². The van der Waals surface area contributed by atoms with Gasteiger partial charge in [-0.05, 0) is 98.7 Å². The number of thiocarbonyl (C=S) groups is 1. The fourth-order valence-corrected chi connectivity index (χ4v) is 5.36. The molecule has 1 N–H and O–H groups in total. The number of hydrogen-bond acceptors (Lipinski definition) is 2. The van der Waals surface area contributed by atoms with Crippen LogP contribution in [0.25, 0.3) is 5.69 Å². The number of anilines is 1. The molecule has 0 saturated carbocycles. The molecular formula is C27H24ClFN4S. The summed E-state index contributed by atoms with van der Waals surface area (Å²) in [4.78, 5) is 6.68. The number of rotatable bonds is 4. The normalized spacial score (nSPS) is 17.8. The second-order valence-electron chi connectivity index (χ2n) is 8.52. The van der Waals surface area contributed by atoms with Crippen LogP contribution in [0.5, 0.6) is 0 Å². The number of hydrogen-bond donors (Lipinski definition) is 1. The molecule has 172 valence electrons. The van der Waals surface area contributed by atoms with E-state index in [2.05, 4.69) is 45.7 Å². The third-order valence-corrected chi connectivity index (χ3v) is 7.20. The summed E-state index contributed by atoms with van der Waals surface area (Å²) < 4.78 is 16.0. The Kier molecular flexibility index (Phi) is 5.88. The number of nitrogens with zero attached hydrogens (tertiary/aromatic N) is 3. The van der Waals surface area contributed by atoms with Crippen molar-refractivity contribution < 1.29 is 4.39 Å². The molecule has 34 heavy (non-hydrogen) atoms. The van der Waals surface area contributed by atoms with Gasteiger partial charge in [0.1, 0.15) is 5.82 Å². The summed E-state index contributed by atoms with van der Waals surface area (Å²) in [6.07, 6.45) is 1.79. The van der Waals surface area contributed by atoms with Crippen LogP contribution < -0.4 is 10.2 Å². The molecule has 1 aliphatic heterocycles. The Balaban J connectivity index is 1.70. The van der Waals surface area contributed by atoms with Gasteiger partial charge in [0, 0.05) is 34.0 Å². The van der Waals surface area contributed by atoms with Gasteiger partial charge in [-0.15, -0.1) is 0 Å². The van der Waals surface area contributed by atoms with Crippen LogP contribution >= 0.6 is 23.8 Å². The minimum Gasteiger partial charge on any atom is -0.351 e. The lowest BCUT2D eigenvalue weighted by Crippen LogP contribution is -2.29. The molecular weight excluding hydrogens is 467 g/mol. The van der Waals surface area contributed by atoms with Crippen molar-refractivity contribution in [3.8, 4) is 5.69 Å². The van der Waals surface area contributed by atoms with Crippen LogP contribution in [0.1, 0.15) is 40.3 Å². The number of nitrogens with one attached hydrogen (secondary N) is 1. The fraction of sp³-hybridized carbons (Fsp3) is 0.185. The van der Waals surface area contributed by atoms with Gasteiger partial charge >= 0.3 is 0 Å². The number of pyridine rings is 1.